The average molecular weight is 287 g/mol. The summed E-state index contributed by atoms with van der Waals surface area (Å²) < 4.78 is 5.60. The topological polar surface area (TPSA) is 42.4 Å². The molecule has 5 heteroatoms. The molecule has 4 nitrogen and oxygen atoms in total. The lowest BCUT2D eigenvalue weighted by molar-refractivity contribution is -0.144. The molecular weight excluding hydrogens is 272 g/mol. The molecule has 1 rings (SSSR count). The molecule has 0 aliphatic heterocycles. The predicted molar refractivity (Wildman–Crippen MR) is 66.4 cm³/mol. The van der Waals surface area contributed by atoms with Gasteiger partial charge in [0.05, 0.1) is 23.2 Å². The molecule has 0 radical (unpaired) electrons. The molecule has 0 saturated carbocycles. The van der Waals surface area contributed by atoms with Crippen LogP contribution in [0.25, 0.3) is 0 Å². The SMILES string of the molecule is COC(=O)C(C)CN(C)c1ccncc1Br. The van der Waals surface area contributed by atoms with Gasteiger partial charge in [-0.2, -0.15) is 0 Å². The van der Waals surface area contributed by atoms with Gasteiger partial charge in [0.1, 0.15) is 0 Å². The van der Waals surface area contributed by atoms with Crippen molar-refractivity contribution in [3.63, 3.8) is 0 Å². The van der Waals surface area contributed by atoms with Crippen LogP contribution < -0.4 is 4.90 Å². The molecule has 0 spiro atoms. The van der Waals surface area contributed by atoms with E-state index in [9.17, 15) is 4.79 Å². The highest BCUT2D eigenvalue weighted by atomic mass is 79.9. The summed E-state index contributed by atoms with van der Waals surface area (Å²) >= 11 is 3.42. The number of pyridine rings is 1. The van der Waals surface area contributed by atoms with Gasteiger partial charge in [-0.05, 0) is 22.0 Å². The number of aromatic nitrogens is 1. The zero-order chi connectivity index (χ0) is 12.1. The van der Waals surface area contributed by atoms with Crippen molar-refractivity contribution >= 4 is 27.6 Å². The number of nitrogens with zero attached hydrogens (tertiary/aromatic N) is 2. The van der Waals surface area contributed by atoms with Gasteiger partial charge in [-0.15, -0.1) is 0 Å². The second-order valence-corrected chi connectivity index (χ2v) is 4.49. The summed E-state index contributed by atoms with van der Waals surface area (Å²) in [4.78, 5) is 17.3. The Bertz CT molecular complexity index is 371. The largest absolute Gasteiger partial charge is 0.469 e. The molecule has 1 atom stereocenters. The lowest BCUT2D eigenvalue weighted by atomic mass is 10.1. The highest BCUT2D eigenvalue weighted by molar-refractivity contribution is 9.10. The van der Waals surface area contributed by atoms with Crippen LogP contribution in [-0.4, -0.2) is 31.7 Å². The first-order valence-electron chi connectivity index (χ1n) is 4.94. The van der Waals surface area contributed by atoms with Crippen LogP contribution in [0.4, 0.5) is 5.69 Å². The second kappa shape index (κ2) is 5.84. The maximum Gasteiger partial charge on any atom is 0.310 e. The fraction of sp³-hybridized carbons (Fsp3) is 0.455. The Morgan fingerprint density at radius 3 is 2.94 bits per heavy atom. The van der Waals surface area contributed by atoms with Gasteiger partial charge in [-0.25, -0.2) is 0 Å². The van der Waals surface area contributed by atoms with Crippen LogP contribution in [0.1, 0.15) is 6.92 Å². The first kappa shape index (κ1) is 13.0. The van der Waals surface area contributed by atoms with Crippen LogP contribution in [0.2, 0.25) is 0 Å². The van der Waals surface area contributed by atoms with Gasteiger partial charge in [0.25, 0.3) is 0 Å². The Kier molecular flexibility index (Phi) is 4.73. The first-order valence-corrected chi connectivity index (χ1v) is 5.74. The van der Waals surface area contributed by atoms with Crippen molar-refractivity contribution in [2.45, 2.75) is 6.92 Å². The van der Waals surface area contributed by atoms with E-state index in [0.717, 1.165) is 10.2 Å². The van der Waals surface area contributed by atoms with Gasteiger partial charge < -0.3 is 9.64 Å². The molecule has 0 aliphatic rings. The summed E-state index contributed by atoms with van der Waals surface area (Å²) in [6, 6.07) is 1.90. The van der Waals surface area contributed by atoms with E-state index < -0.39 is 0 Å². The Morgan fingerprint density at radius 2 is 2.38 bits per heavy atom. The molecule has 0 bridgehead atoms. The number of esters is 1. The zero-order valence-corrected chi connectivity index (χ0v) is 11.2. The highest BCUT2D eigenvalue weighted by Gasteiger charge is 2.16. The fourth-order valence-electron chi connectivity index (χ4n) is 1.46. The number of methoxy groups -OCH3 is 1. The third-order valence-electron chi connectivity index (χ3n) is 2.31. The molecule has 0 fully saturated rings. The van der Waals surface area contributed by atoms with E-state index in [1.807, 2.05) is 24.9 Å². The van der Waals surface area contributed by atoms with Crippen molar-refractivity contribution in [2.24, 2.45) is 5.92 Å². The molecule has 0 N–H and O–H groups in total. The number of anilines is 1. The van der Waals surface area contributed by atoms with E-state index in [0.29, 0.717) is 6.54 Å². The molecule has 0 aliphatic carbocycles. The first-order chi connectivity index (χ1) is 7.56. The second-order valence-electron chi connectivity index (χ2n) is 3.63. The lowest BCUT2D eigenvalue weighted by Gasteiger charge is -2.23. The van der Waals surface area contributed by atoms with Gasteiger partial charge >= 0.3 is 5.97 Å². The molecule has 0 amide bonds. The van der Waals surface area contributed by atoms with E-state index in [4.69, 9.17) is 0 Å². The molecule has 1 unspecified atom stereocenters. The zero-order valence-electron chi connectivity index (χ0n) is 9.61. The van der Waals surface area contributed by atoms with Gasteiger partial charge in [0.2, 0.25) is 0 Å². The Hall–Kier alpha value is -1.10. The van der Waals surface area contributed by atoms with Crippen molar-refractivity contribution in [1.29, 1.82) is 0 Å². The van der Waals surface area contributed by atoms with E-state index in [1.165, 1.54) is 7.11 Å². The molecule has 16 heavy (non-hydrogen) atoms. The number of rotatable bonds is 4. The Balaban J connectivity index is 2.69. The minimum Gasteiger partial charge on any atom is -0.469 e. The molecular formula is C11H15BrN2O2. The van der Waals surface area contributed by atoms with E-state index >= 15 is 0 Å². The van der Waals surface area contributed by atoms with Crippen molar-refractivity contribution < 1.29 is 9.53 Å². The number of ether oxygens (including phenoxy) is 1. The summed E-state index contributed by atoms with van der Waals surface area (Å²) in [5.74, 6) is -0.355. The summed E-state index contributed by atoms with van der Waals surface area (Å²) in [5, 5.41) is 0. The summed E-state index contributed by atoms with van der Waals surface area (Å²) in [6.45, 7) is 2.45. The van der Waals surface area contributed by atoms with Crippen LogP contribution in [0.5, 0.6) is 0 Å². The number of hydrogen-bond donors (Lipinski definition) is 0. The van der Waals surface area contributed by atoms with E-state index in [2.05, 4.69) is 25.7 Å². The monoisotopic (exact) mass is 286 g/mol. The standard InChI is InChI=1S/C11H15BrN2O2/c1-8(11(15)16-3)7-14(2)10-4-5-13-6-9(10)12/h4-6,8H,7H2,1-3H3. The van der Waals surface area contributed by atoms with Crippen LogP contribution in [0, 0.1) is 5.92 Å². The van der Waals surface area contributed by atoms with Crippen molar-refractivity contribution in [3.8, 4) is 0 Å². The van der Waals surface area contributed by atoms with E-state index in [1.54, 1.807) is 12.4 Å². The minimum atomic E-state index is -0.197. The maximum absolute atomic E-state index is 11.3. The third kappa shape index (κ3) is 3.20. The molecule has 0 saturated heterocycles. The van der Waals surface area contributed by atoms with Crippen LogP contribution in [0.15, 0.2) is 22.9 Å². The maximum atomic E-state index is 11.3. The Labute approximate surface area is 104 Å². The van der Waals surface area contributed by atoms with E-state index in [-0.39, 0.29) is 11.9 Å². The number of carbonyl (C=O) groups excluding carboxylic acids is 1. The third-order valence-corrected chi connectivity index (χ3v) is 2.92. The summed E-state index contributed by atoms with van der Waals surface area (Å²) in [7, 11) is 3.33. The van der Waals surface area contributed by atoms with Crippen molar-refractivity contribution in [2.75, 3.05) is 25.6 Å². The van der Waals surface area contributed by atoms with Gasteiger partial charge in [0, 0.05) is 26.0 Å². The molecule has 1 aromatic heterocycles. The molecule has 0 aromatic carbocycles. The summed E-state index contributed by atoms with van der Waals surface area (Å²) in [6.07, 6.45) is 3.45. The molecule has 88 valence electrons. The Morgan fingerprint density at radius 1 is 1.69 bits per heavy atom. The van der Waals surface area contributed by atoms with Gasteiger partial charge in [-0.3, -0.25) is 9.78 Å². The number of carbonyl (C=O) groups is 1. The fourth-order valence-corrected chi connectivity index (χ4v) is 2.02. The molecule has 1 aromatic rings. The van der Waals surface area contributed by atoms with Crippen LogP contribution in [-0.2, 0) is 9.53 Å². The summed E-state index contributed by atoms with van der Waals surface area (Å²) in [5.41, 5.74) is 1.01. The smallest absolute Gasteiger partial charge is 0.310 e. The van der Waals surface area contributed by atoms with Crippen molar-refractivity contribution in [3.05, 3.63) is 22.9 Å². The van der Waals surface area contributed by atoms with Crippen molar-refractivity contribution in [1.82, 2.24) is 4.98 Å². The minimum absolute atomic E-state index is 0.157. The van der Waals surface area contributed by atoms with Crippen LogP contribution >= 0.6 is 15.9 Å². The average Bonchev–Trinajstić information content (AvgIpc) is 2.28. The lowest BCUT2D eigenvalue weighted by Crippen LogP contribution is -2.29. The van der Waals surface area contributed by atoms with Gasteiger partial charge in [0.15, 0.2) is 0 Å². The quantitative estimate of drug-likeness (QED) is 0.795. The number of halogens is 1. The molecule has 1 heterocycles. The van der Waals surface area contributed by atoms with Gasteiger partial charge in [-0.1, -0.05) is 6.92 Å². The normalized spacial score (nSPS) is 12.0. The highest BCUT2D eigenvalue weighted by Crippen LogP contribution is 2.24. The van der Waals surface area contributed by atoms with Crippen LogP contribution in [0.3, 0.4) is 0 Å². The number of hydrogen-bond acceptors (Lipinski definition) is 4. The predicted octanol–water partition coefficient (Wildman–Crippen LogP) is 2.09.